The number of anilines is 3. The first-order chi connectivity index (χ1) is 14.9. The molecule has 0 saturated carbocycles. The van der Waals surface area contributed by atoms with Crippen molar-refractivity contribution in [2.75, 3.05) is 10.6 Å². The molecule has 0 spiro atoms. The Hall–Kier alpha value is -4.41. The van der Waals surface area contributed by atoms with Crippen LogP contribution in [0.1, 0.15) is 18.5 Å². The van der Waals surface area contributed by atoms with Gasteiger partial charge in [0.15, 0.2) is 5.82 Å². The largest absolute Gasteiger partial charge is 0.478 e. The molecule has 0 saturated heterocycles. The smallest absolute Gasteiger partial charge is 0.338 e. The Morgan fingerprint density at radius 2 is 2.00 bits per heavy atom. The average molecular weight is 422 g/mol. The third-order valence-electron chi connectivity index (χ3n) is 4.01. The number of hydrogen-bond acceptors (Lipinski definition) is 9. The van der Waals surface area contributed by atoms with Gasteiger partial charge in [-0.1, -0.05) is 12.1 Å². The lowest BCUT2D eigenvalue weighted by atomic mass is 10.1. The lowest BCUT2D eigenvalue weighted by Gasteiger charge is -2.15. The van der Waals surface area contributed by atoms with Gasteiger partial charge in [-0.2, -0.15) is 9.97 Å². The molecule has 0 aliphatic carbocycles. The van der Waals surface area contributed by atoms with Crippen molar-refractivity contribution in [3.05, 3.63) is 72.1 Å². The maximum absolute atomic E-state index is 13.2. The summed E-state index contributed by atoms with van der Waals surface area (Å²) < 4.78 is 13.2. The molecule has 2 heterocycles. The fraction of sp³-hybridized carbons (Fsp3) is 0.100. The average Bonchev–Trinajstić information content (AvgIpc) is 2.75. The molecule has 0 aliphatic rings. The predicted molar refractivity (Wildman–Crippen MR) is 114 cm³/mol. The van der Waals surface area contributed by atoms with Crippen molar-refractivity contribution in [1.29, 1.82) is 0 Å². The van der Waals surface area contributed by atoms with Gasteiger partial charge in [0.2, 0.25) is 5.95 Å². The van der Waals surface area contributed by atoms with E-state index in [0.717, 1.165) is 18.0 Å². The van der Waals surface area contributed by atoms with Crippen molar-refractivity contribution in [2.24, 2.45) is 10.7 Å². The molecule has 0 bridgehead atoms. The molecule has 10 nitrogen and oxygen atoms in total. The Labute approximate surface area is 176 Å². The number of carbonyl (C=O) groups is 1. The normalized spacial score (nSPS) is 12.5. The zero-order valence-corrected chi connectivity index (χ0v) is 16.4. The minimum absolute atomic E-state index is 0.177. The minimum Gasteiger partial charge on any atom is -0.478 e. The van der Waals surface area contributed by atoms with Crippen LogP contribution in [0.2, 0.25) is 0 Å². The fourth-order valence-electron chi connectivity index (χ4n) is 2.46. The number of nitrogens with one attached hydrogen (secondary N) is 2. The van der Waals surface area contributed by atoms with Crippen LogP contribution in [0.15, 0.2) is 65.7 Å². The van der Waals surface area contributed by atoms with Crippen LogP contribution >= 0.6 is 0 Å². The third-order valence-corrected chi connectivity index (χ3v) is 4.01. The van der Waals surface area contributed by atoms with Crippen LogP contribution < -0.4 is 16.4 Å². The minimum atomic E-state index is -1.22. The van der Waals surface area contributed by atoms with Crippen molar-refractivity contribution in [2.45, 2.75) is 13.0 Å². The number of nitrogens with two attached hydrogens (primary N) is 1. The van der Waals surface area contributed by atoms with Crippen LogP contribution in [0.5, 0.6) is 0 Å². The van der Waals surface area contributed by atoms with E-state index in [0.29, 0.717) is 11.6 Å². The van der Waals surface area contributed by atoms with Gasteiger partial charge in [-0.25, -0.2) is 19.2 Å². The molecule has 0 fully saturated rings. The van der Waals surface area contributed by atoms with Crippen LogP contribution in [-0.2, 0) is 4.79 Å². The molecule has 1 atom stereocenters. The van der Waals surface area contributed by atoms with E-state index in [1.54, 1.807) is 12.1 Å². The molecule has 3 rings (SSSR count). The predicted octanol–water partition coefficient (Wildman–Crippen LogP) is 2.95. The number of aromatic nitrogens is 4. The second-order valence-corrected chi connectivity index (χ2v) is 6.25. The van der Waals surface area contributed by atoms with Crippen LogP contribution in [0.3, 0.4) is 0 Å². The van der Waals surface area contributed by atoms with Gasteiger partial charge in [-0.3, -0.25) is 4.98 Å². The van der Waals surface area contributed by atoms with Gasteiger partial charge < -0.3 is 21.5 Å². The molecule has 11 heteroatoms. The maximum atomic E-state index is 13.2. The van der Waals surface area contributed by atoms with E-state index in [1.807, 2.05) is 6.92 Å². The SMILES string of the molecule is C[C@H](Nc1nc(N=CC(=CN)C(=O)O)cc(Nc2cnccn2)n1)c1ccc(F)cc1. The molecule has 31 heavy (non-hydrogen) atoms. The quantitative estimate of drug-likeness (QED) is 0.317. The van der Waals surface area contributed by atoms with Crippen LogP contribution in [0.4, 0.5) is 27.8 Å². The van der Waals surface area contributed by atoms with E-state index in [4.69, 9.17) is 10.8 Å². The molecular weight excluding hydrogens is 403 g/mol. The molecule has 0 aliphatic heterocycles. The summed E-state index contributed by atoms with van der Waals surface area (Å²) in [6.07, 6.45) is 6.58. The number of benzene rings is 1. The van der Waals surface area contributed by atoms with E-state index >= 15 is 0 Å². The summed E-state index contributed by atoms with van der Waals surface area (Å²) in [6, 6.07) is 7.29. The van der Waals surface area contributed by atoms with Gasteiger partial charge in [0.1, 0.15) is 17.5 Å². The first-order valence-corrected chi connectivity index (χ1v) is 9.08. The fourth-order valence-corrected chi connectivity index (χ4v) is 2.46. The molecule has 0 unspecified atom stereocenters. The Kier molecular flexibility index (Phi) is 6.78. The summed E-state index contributed by atoms with van der Waals surface area (Å²) in [4.78, 5) is 32.0. The van der Waals surface area contributed by atoms with E-state index in [9.17, 15) is 9.18 Å². The van der Waals surface area contributed by atoms with Crippen molar-refractivity contribution in [3.63, 3.8) is 0 Å². The molecule has 1 aromatic carbocycles. The molecular formula is C20H19FN8O2. The van der Waals surface area contributed by atoms with Crippen molar-refractivity contribution >= 4 is 35.6 Å². The number of aliphatic imine (C=N–C) groups is 1. The highest BCUT2D eigenvalue weighted by atomic mass is 19.1. The Balaban J connectivity index is 1.90. The number of aliphatic carboxylic acids is 1. The Bertz CT molecular complexity index is 1100. The number of halogens is 1. The topological polar surface area (TPSA) is 151 Å². The standard InChI is InChI=1S/C20H19FN8O2/c1-12(13-2-4-15(21)5-3-13)26-20-28-16(25-10-14(9-22)19(30)31)8-17(29-20)27-18-11-23-6-7-24-18/h2-12H,22H2,1H3,(H,30,31)(H2,24,26,27,28,29)/t12-/m0/s1. The highest BCUT2D eigenvalue weighted by Gasteiger charge is 2.11. The maximum Gasteiger partial charge on any atom is 0.338 e. The zero-order valence-electron chi connectivity index (χ0n) is 16.4. The van der Waals surface area contributed by atoms with Gasteiger partial charge in [0.05, 0.1) is 17.8 Å². The molecule has 0 radical (unpaired) electrons. The summed E-state index contributed by atoms with van der Waals surface area (Å²) in [6.45, 7) is 1.86. The first kappa shape index (κ1) is 21.3. The number of hydrogen-bond donors (Lipinski definition) is 4. The zero-order chi connectivity index (χ0) is 22.2. The van der Waals surface area contributed by atoms with E-state index in [1.165, 1.54) is 36.8 Å². The summed E-state index contributed by atoms with van der Waals surface area (Å²) in [5, 5.41) is 15.2. The van der Waals surface area contributed by atoms with Gasteiger partial charge in [0, 0.05) is 30.9 Å². The number of carboxylic acids is 1. The van der Waals surface area contributed by atoms with E-state index in [2.05, 4.69) is 35.6 Å². The highest BCUT2D eigenvalue weighted by molar-refractivity contribution is 6.08. The van der Waals surface area contributed by atoms with Gasteiger partial charge >= 0.3 is 5.97 Å². The second-order valence-electron chi connectivity index (χ2n) is 6.25. The van der Waals surface area contributed by atoms with Crippen molar-refractivity contribution < 1.29 is 14.3 Å². The molecule has 3 aromatic rings. The summed E-state index contributed by atoms with van der Waals surface area (Å²) in [5.74, 6) is -0.364. The van der Waals surface area contributed by atoms with E-state index in [-0.39, 0.29) is 29.2 Å². The molecule has 5 N–H and O–H groups in total. The molecule has 2 aromatic heterocycles. The van der Waals surface area contributed by atoms with Gasteiger partial charge in [-0.15, -0.1) is 0 Å². The van der Waals surface area contributed by atoms with Crippen LogP contribution in [-0.4, -0.2) is 37.2 Å². The number of rotatable bonds is 8. The summed E-state index contributed by atoms with van der Waals surface area (Å²) in [5.41, 5.74) is 5.93. The lowest BCUT2D eigenvalue weighted by Crippen LogP contribution is -2.10. The third kappa shape index (κ3) is 6.03. The van der Waals surface area contributed by atoms with Gasteiger partial charge in [-0.05, 0) is 24.6 Å². The Morgan fingerprint density at radius 1 is 1.23 bits per heavy atom. The molecule has 0 amide bonds. The highest BCUT2D eigenvalue weighted by Crippen LogP contribution is 2.23. The van der Waals surface area contributed by atoms with Gasteiger partial charge in [0.25, 0.3) is 0 Å². The van der Waals surface area contributed by atoms with Crippen LogP contribution in [0.25, 0.3) is 0 Å². The Morgan fingerprint density at radius 3 is 2.65 bits per heavy atom. The second kappa shape index (κ2) is 9.87. The summed E-state index contributed by atoms with van der Waals surface area (Å²) in [7, 11) is 0. The van der Waals surface area contributed by atoms with Crippen LogP contribution in [0, 0.1) is 5.82 Å². The monoisotopic (exact) mass is 422 g/mol. The lowest BCUT2D eigenvalue weighted by molar-refractivity contribution is -0.132. The number of nitrogens with zero attached hydrogens (tertiary/aromatic N) is 5. The van der Waals surface area contributed by atoms with E-state index < -0.39 is 5.97 Å². The molecule has 158 valence electrons. The summed E-state index contributed by atoms with van der Waals surface area (Å²) >= 11 is 0. The first-order valence-electron chi connectivity index (χ1n) is 9.08. The number of carboxylic acid groups (broad SMARTS) is 1. The van der Waals surface area contributed by atoms with Crippen molar-refractivity contribution in [3.8, 4) is 0 Å². The van der Waals surface area contributed by atoms with Crippen molar-refractivity contribution in [1.82, 2.24) is 19.9 Å².